The van der Waals surface area contributed by atoms with Gasteiger partial charge in [0, 0.05) is 6.54 Å². The highest BCUT2D eigenvalue weighted by atomic mass is 16.4. The maximum Gasteiger partial charge on any atom is 0.323 e. The zero-order chi connectivity index (χ0) is 13.1. The average molecular weight is 242 g/mol. The van der Waals surface area contributed by atoms with Gasteiger partial charge < -0.3 is 15.7 Å². The lowest BCUT2D eigenvalue weighted by atomic mass is 9.84. The van der Waals surface area contributed by atoms with Crippen molar-refractivity contribution in [1.82, 2.24) is 4.90 Å². The molecule has 100 valence electrons. The van der Waals surface area contributed by atoms with Gasteiger partial charge in [0.05, 0.1) is 0 Å². The number of rotatable bonds is 5. The molecule has 0 aromatic carbocycles. The second kappa shape index (κ2) is 5.36. The fourth-order valence-electron chi connectivity index (χ4n) is 2.51. The van der Waals surface area contributed by atoms with E-state index in [0.29, 0.717) is 11.8 Å². The van der Waals surface area contributed by atoms with Gasteiger partial charge in [0.25, 0.3) is 0 Å². The Morgan fingerprint density at radius 1 is 1.53 bits per heavy atom. The summed E-state index contributed by atoms with van der Waals surface area (Å²) in [7, 11) is 0. The van der Waals surface area contributed by atoms with Crippen molar-refractivity contribution >= 4 is 5.97 Å². The maximum atomic E-state index is 10.9. The van der Waals surface area contributed by atoms with Crippen molar-refractivity contribution in [2.24, 2.45) is 11.1 Å². The molecule has 1 atom stereocenters. The fraction of sp³-hybridized carbons (Fsp3) is 0.923. The highest BCUT2D eigenvalue weighted by Crippen LogP contribution is 2.28. The highest BCUT2D eigenvalue weighted by molar-refractivity contribution is 5.77. The lowest BCUT2D eigenvalue weighted by molar-refractivity contribution is -0.143. The topological polar surface area (TPSA) is 66.6 Å². The number of carboxylic acid groups (broad SMARTS) is 1. The van der Waals surface area contributed by atoms with Gasteiger partial charge in [0.1, 0.15) is 5.54 Å². The maximum absolute atomic E-state index is 10.9. The van der Waals surface area contributed by atoms with E-state index in [2.05, 4.69) is 18.7 Å². The second-order valence-electron chi connectivity index (χ2n) is 6.37. The van der Waals surface area contributed by atoms with Crippen LogP contribution in [0.3, 0.4) is 0 Å². The van der Waals surface area contributed by atoms with Crippen LogP contribution in [0.25, 0.3) is 0 Å². The molecule has 0 saturated carbocycles. The lowest BCUT2D eigenvalue weighted by Crippen LogP contribution is -2.46. The minimum atomic E-state index is -1.08. The summed E-state index contributed by atoms with van der Waals surface area (Å²) in [5.41, 5.74) is 5.03. The molecule has 17 heavy (non-hydrogen) atoms. The molecule has 0 bridgehead atoms. The number of hydrogen-bond acceptors (Lipinski definition) is 3. The first-order valence-corrected chi connectivity index (χ1v) is 6.48. The predicted molar refractivity (Wildman–Crippen MR) is 68.9 cm³/mol. The molecule has 1 rings (SSSR count). The van der Waals surface area contributed by atoms with E-state index in [1.54, 1.807) is 6.92 Å². The molecular weight excluding hydrogens is 216 g/mol. The van der Waals surface area contributed by atoms with Gasteiger partial charge in [-0.2, -0.15) is 0 Å². The van der Waals surface area contributed by atoms with Crippen molar-refractivity contribution in [3.8, 4) is 0 Å². The summed E-state index contributed by atoms with van der Waals surface area (Å²) in [6, 6.07) is 0. The first kappa shape index (κ1) is 14.5. The third-order valence-electron chi connectivity index (χ3n) is 3.64. The van der Waals surface area contributed by atoms with Crippen LogP contribution in [0.1, 0.15) is 46.5 Å². The molecule has 1 saturated heterocycles. The summed E-state index contributed by atoms with van der Waals surface area (Å²) in [6.45, 7) is 9.39. The molecule has 1 aliphatic rings. The summed E-state index contributed by atoms with van der Waals surface area (Å²) < 4.78 is 0. The normalized spacial score (nSPS) is 24.2. The second-order valence-corrected chi connectivity index (χ2v) is 6.37. The quantitative estimate of drug-likeness (QED) is 0.770. The Kier molecular flexibility index (Phi) is 4.55. The Morgan fingerprint density at radius 3 is 2.71 bits per heavy atom. The first-order chi connectivity index (χ1) is 7.73. The van der Waals surface area contributed by atoms with Crippen LogP contribution < -0.4 is 5.73 Å². The van der Waals surface area contributed by atoms with E-state index in [9.17, 15) is 4.79 Å². The molecule has 1 unspecified atom stereocenters. The smallest absolute Gasteiger partial charge is 0.323 e. The largest absolute Gasteiger partial charge is 0.480 e. The van der Waals surface area contributed by atoms with E-state index in [4.69, 9.17) is 10.8 Å². The van der Waals surface area contributed by atoms with Gasteiger partial charge in [-0.25, -0.2) is 0 Å². The van der Waals surface area contributed by atoms with E-state index in [0.717, 1.165) is 26.1 Å². The van der Waals surface area contributed by atoms with E-state index in [1.165, 1.54) is 12.8 Å². The van der Waals surface area contributed by atoms with Gasteiger partial charge in [-0.05, 0) is 51.1 Å². The molecular formula is C13H26N2O2. The molecule has 0 aromatic heterocycles. The highest BCUT2D eigenvalue weighted by Gasteiger charge is 2.29. The van der Waals surface area contributed by atoms with Gasteiger partial charge in [0.15, 0.2) is 0 Å². The SMILES string of the molecule is CC1(C)CCCN(CCCC(C)(N)C(=O)O)C1. The number of carboxylic acids is 1. The van der Waals surface area contributed by atoms with Crippen molar-refractivity contribution in [2.45, 2.75) is 52.0 Å². The molecule has 1 aliphatic heterocycles. The van der Waals surface area contributed by atoms with Gasteiger partial charge in [-0.3, -0.25) is 4.79 Å². The number of aliphatic carboxylic acids is 1. The minimum Gasteiger partial charge on any atom is -0.480 e. The zero-order valence-corrected chi connectivity index (χ0v) is 11.3. The van der Waals surface area contributed by atoms with Crippen molar-refractivity contribution in [1.29, 1.82) is 0 Å². The van der Waals surface area contributed by atoms with Crippen LogP contribution in [0.4, 0.5) is 0 Å². The zero-order valence-electron chi connectivity index (χ0n) is 11.3. The van der Waals surface area contributed by atoms with Crippen LogP contribution in [0.2, 0.25) is 0 Å². The van der Waals surface area contributed by atoms with Crippen LogP contribution in [0.15, 0.2) is 0 Å². The van der Waals surface area contributed by atoms with Crippen molar-refractivity contribution < 1.29 is 9.90 Å². The Hall–Kier alpha value is -0.610. The Bertz CT molecular complexity index is 275. The monoisotopic (exact) mass is 242 g/mol. The Morgan fingerprint density at radius 2 is 2.18 bits per heavy atom. The summed E-state index contributed by atoms with van der Waals surface area (Å²) in [5, 5.41) is 8.92. The average Bonchev–Trinajstić information content (AvgIpc) is 2.15. The van der Waals surface area contributed by atoms with Crippen LogP contribution >= 0.6 is 0 Å². The van der Waals surface area contributed by atoms with Gasteiger partial charge in [-0.1, -0.05) is 13.8 Å². The molecule has 3 N–H and O–H groups in total. The number of nitrogens with two attached hydrogens (primary N) is 1. The molecule has 0 aliphatic carbocycles. The summed E-state index contributed by atoms with van der Waals surface area (Å²) in [4.78, 5) is 13.3. The molecule has 0 amide bonds. The standard InChI is InChI=1S/C13H26N2O2/c1-12(2)6-4-8-15(10-12)9-5-7-13(3,14)11(16)17/h4-10,14H2,1-3H3,(H,16,17). The molecule has 0 spiro atoms. The number of piperidine rings is 1. The van der Waals surface area contributed by atoms with Crippen LogP contribution in [-0.4, -0.2) is 41.1 Å². The van der Waals surface area contributed by atoms with E-state index < -0.39 is 11.5 Å². The van der Waals surface area contributed by atoms with E-state index >= 15 is 0 Å². The van der Waals surface area contributed by atoms with E-state index in [-0.39, 0.29) is 0 Å². The molecule has 4 nitrogen and oxygen atoms in total. The van der Waals surface area contributed by atoms with Crippen molar-refractivity contribution in [3.63, 3.8) is 0 Å². The van der Waals surface area contributed by atoms with Crippen molar-refractivity contribution in [3.05, 3.63) is 0 Å². The molecule has 1 heterocycles. The van der Waals surface area contributed by atoms with E-state index in [1.807, 2.05) is 0 Å². The minimum absolute atomic E-state index is 0.400. The van der Waals surface area contributed by atoms with Crippen LogP contribution in [0, 0.1) is 5.41 Å². The van der Waals surface area contributed by atoms with Crippen LogP contribution in [0.5, 0.6) is 0 Å². The number of hydrogen-bond donors (Lipinski definition) is 2. The Labute approximate surface area is 104 Å². The molecule has 0 aromatic rings. The summed E-state index contributed by atoms with van der Waals surface area (Å²) in [6.07, 6.45) is 3.92. The number of likely N-dealkylation sites (tertiary alicyclic amines) is 1. The summed E-state index contributed by atoms with van der Waals surface area (Å²) >= 11 is 0. The van der Waals surface area contributed by atoms with Crippen molar-refractivity contribution in [2.75, 3.05) is 19.6 Å². The van der Waals surface area contributed by atoms with Gasteiger partial charge in [0.2, 0.25) is 0 Å². The van der Waals surface area contributed by atoms with Crippen LogP contribution in [-0.2, 0) is 4.79 Å². The number of nitrogens with zero attached hydrogens (tertiary/aromatic N) is 1. The third kappa shape index (κ3) is 4.64. The fourth-order valence-corrected chi connectivity index (χ4v) is 2.51. The van der Waals surface area contributed by atoms with Gasteiger partial charge >= 0.3 is 5.97 Å². The lowest BCUT2D eigenvalue weighted by Gasteiger charge is -2.38. The number of carbonyl (C=O) groups is 1. The molecule has 4 heteroatoms. The Balaban J connectivity index is 2.30. The van der Waals surface area contributed by atoms with Gasteiger partial charge in [-0.15, -0.1) is 0 Å². The summed E-state index contributed by atoms with van der Waals surface area (Å²) in [5.74, 6) is -0.906. The predicted octanol–water partition coefficient (Wildman–Crippen LogP) is 1.69. The first-order valence-electron chi connectivity index (χ1n) is 6.48. The third-order valence-corrected chi connectivity index (χ3v) is 3.64. The molecule has 0 radical (unpaired) electrons. The molecule has 1 fully saturated rings.